The van der Waals surface area contributed by atoms with Gasteiger partial charge in [-0.2, -0.15) is 0 Å². The van der Waals surface area contributed by atoms with Crippen molar-refractivity contribution < 1.29 is 9.59 Å². The van der Waals surface area contributed by atoms with E-state index in [0.717, 1.165) is 11.1 Å². The lowest BCUT2D eigenvalue weighted by atomic mass is 9.95. The zero-order valence-corrected chi connectivity index (χ0v) is 10.9. The van der Waals surface area contributed by atoms with Gasteiger partial charge in [-0.05, 0) is 24.0 Å². The molecule has 18 heavy (non-hydrogen) atoms. The maximum absolute atomic E-state index is 12.3. The average Bonchev–Trinajstić information content (AvgIpc) is 2.64. The van der Waals surface area contributed by atoms with Crippen molar-refractivity contribution in [3.63, 3.8) is 0 Å². The summed E-state index contributed by atoms with van der Waals surface area (Å²) in [6, 6.07) is 7.42. The van der Waals surface area contributed by atoms with Crippen molar-refractivity contribution in [2.24, 2.45) is 5.92 Å². The van der Waals surface area contributed by atoms with Gasteiger partial charge in [-0.3, -0.25) is 9.59 Å². The fraction of sp³-hybridized carbons (Fsp3) is 0.333. The van der Waals surface area contributed by atoms with Crippen molar-refractivity contribution in [2.45, 2.75) is 20.8 Å². The minimum atomic E-state index is -0.262. The lowest BCUT2D eigenvalue weighted by Gasteiger charge is -2.10. The van der Waals surface area contributed by atoms with Crippen LogP contribution < -0.4 is 5.32 Å². The average molecular weight is 243 g/mol. The van der Waals surface area contributed by atoms with Gasteiger partial charge in [0.2, 0.25) is 0 Å². The van der Waals surface area contributed by atoms with Gasteiger partial charge < -0.3 is 5.32 Å². The largest absolute Gasteiger partial charge is 0.352 e. The van der Waals surface area contributed by atoms with Gasteiger partial charge in [-0.15, -0.1) is 0 Å². The Labute approximate surface area is 107 Å². The van der Waals surface area contributed by atoms with E-state index in [4.69, 9.17) is 0 Å². The molecule has 2 rings (SSSR count). The third-order valence-electron chi connectivity index (χ3n) is 3.10. The second-order valence-electron chi connectivity index (χ2n) is 4.68. The molecule has 0 heterocycles. The van der Waals surface area contributed by atoms with Crippen molar-refractivity contribution in [1.29, 1.82) is 0 Å². The van der Waals surface area contributed by atoms with Crippen LogP contribution >= 0.6 is 0 Å². The van der Waals surface area contributed by atoms with Gasteiger partial charge in [0.25, 0.3) is 5.91 Å². The summed E-state index contributed by atoms with van der Waals surface area (Å²) in [5.74, 6) is -0.266. The fourth-order valence-corrected chi connectivity index (χ4v) is 2.38. The van der Waals surface area contributed by atoms with Crippen molar-refractivity contribution in [3.8, 4) is 0 Å². The van der Waals surface area contributed by atoms with Gasteiger partial charge in [0, 0.05) is 12.1 Å². The molecule has 94 valence electrons. The summed E-state index contributed by atoms with van der Waals surface area (Å²) in [6.07, 6.45) is 0. The fourth-order valence-electron chi connectivity index (χ4n) is 2.38. The zero-order chi connectivity index (χ0) is 13.3. The van der Waals surface area contributed by atoms with Crippen LogP contribution in [0.15, 0.2) is 29.8 Å². The predicted octanol–water partition coefficient (Wildman–Crippen LogP) is 2.43. The molecular formula is C15H17NO2. The van der Waals surface area contributed by atoms with Gasteiger partial charge >= 0.3 is 0 Å². The molecule has 0 aliphatic heterocycles. The second kappa shape index (κ2) is 4.77. The molecule has 0 saturated carbocycles. The number of likely N-dealkylation sites (N-methyl/N-ethyl adjacent to an activating group) is 1. The minimum absolute atomic E-state index is 0.148. The molecule has 1 aliphatic rings. The van der Waals surface area contributed by atoms with Crippen LogP contribution in [0.1, 0.15) is 36.7 Å². The maximum atomic E-state index is 12.3. The highest BCUT2D eigenvalue weighted by Gasteiger charge is 2.34. The summed E-state index contributed by atoms with van der Waals surface area (Å²) in [7, 11) is 0. The number of amides is 1. The second-order valence-corrected chi connectivity index (χ2v) is 4.68. The van der Waals surface area contributed by atoms with Crippen LogP contribution in [-0.4, -0.2) is 18.2 Å². The van der Waals surface area contributed by atoms with Gasteiger partial charge in [0.05, 0.1) is 5.57 Å². The number of hydrogen-bond donors (Lipinski definition) is 1. The summed E-state index contributed by atoms with van der Waals surface area (Å²) < 4.78 is 0. The number of benzene rings is 1. The molecule has 3 heteroatoms. The van der Waals surface area contributed by atoms with Crippen LogP contribution in [0.4, 0.5) is 0 Å². The predicted molar refractivity (Wildman–Crippen MR) is 71.2 cm³/mol. The van der Waals surface area contributed by atoms with E-state index >= 15 is 0 Å². The lowest BCUT2D eigenvalue weighted by molar-refractivity contribution is -0.117. The van der Waals surface area contributed by atoms with Crippen LogP contribution in [0.2, 0.25) is 0 Å². The maximum Gasteiger partial charge on any atom is 0.255 e. The van der Waals surface area contributed by atoms with Gasteiger partial charge in [0.15, 0.2) is 5.78 Å². The quantitative estimate of drug-likeness (QED) is 0.829. The van der Waals surface area contributed by atoms with Crippen LogP contribution in [0, 0.1) is 5.92 Å². The highest BCUT2D eigenvalue weighted by atomic mass is 16.2. The monoisotopic (exact) mass is 243 g/mol. The standard InChI is InChI=1S/C15H17NO2/c1-4-16-15(18)13-12(9(2)3)10-7-5-6-8-11(10)14(13)17/h5-9H,4H2,1-3H3,(H,16,18). The molecule has 1 amide bonds. The number of carbonyl (C=O) groups is 2. The molecule has 1 aromatic rings. The Morgan fingerprint density at radius 2 is 1.83 bits per heavy atom. The first-order valence-corrected chi connectivity index (χ1v) is 6.24. The number of fused-ring (bicyclic) bond motifs is 1. The molecule has 0 bridgehead atoms. The van der Waals surface area contributed by atoms with Gasteiger partial charge in [-0.25, -0.2) is 0 Å². The number of ketones is 1. The van der Waals surface area contributed by atoms with E-state index in [1.807, 2.05) is 39.0 Å². The summed E-state index contributed by atoms with van der Waals surface area (Å²) in [6.45, 7) is 6.38. The Morgan fingerprint density at radius 3 is 2.39 bits per heavy atom. The van der Waals surface area contributed by atoms with Crippen LogP contribution in [0.25, 0.3) is 5.57 Å². The molecule has 0 spiro atoms. The van der Waals surface area contributed by atoms with E-state index in [1.165, 1.54) is 0 Å². The highest BCUT2D eigenvalue weighted by molar-refractivity contribution is 6.34. The number of rotatable bonds is 3. The summed E-state index contributed by atoms with van der Waals surface area (Å²) in [5, 5.41) is 2.72. The molecule has 1 aromatic carbocycles. The molecule has 0 aromatic heterocycles. The molecule has 0 saturated heterocycles. The van der Waals surface area contributed by atoms with Crippen LogP contribution in [0.3, 0.4) is 0 Å². The molecule has 0 unspecified atom stereocenters. The van der Waals surface area contributed by atoms with Crippen molar-refractivity contribution in [1.82, 2.24) is 5.32 Å². The smallest absolute Gasteiger partial charge is 0.255 e. The van der Waals surface area contributed by atoms with Crippen molar-refractivity contribution >= 4 is 17.3 Å². The number of Topliss-reactive ketones (excluding diaryl/α,β-unsaturated/α-hetero) is 1. The van der Waals surface area contributed by atoms with E-state index < -0.39 is 0 Å². The Balaban J connectivity index is 2.59. The topological polar surface area (TPSA) is 46.2 Å². The molecule has 3 nitrogen and oxygen atoms in total. The first-order valence-electron chi connectivity index (χ1n) is 6.24. The number of hydrogen-bond acceptors (Lipinski definition) is 2. The molecule has 0 atom stereocenters. The van der Waals surface area contributed by atoms with E-state index in [1.54, 1.807) is 6.07 Å². The zero-order valence-electron chi connectivity index (χ0n) is 10.9. The number of carbonyl (C=O) groups excluding carboxylic acids is 2. The van der Waals surface area contributed by atoms with E-state index in [0.29, 0.717) is 17.7 Å². The van der Waals surface area contributed by atoms with E-state index in [9.17, 15) is 9.59 Å². The van der Waals surface area contributed by atoms with Crippen molar-refractivity contribution in [2.75, 3.05) is 6.54 Å². The third kappa shape index (κ3) is 1.86. The van der Waals surface area contributed by atoms with E-state index in [-0.39, 0.29) is 17.6 Å². The first-order chi connectivity index (χ1) is 8.57. The highest BCUT2D eigenvalue weighted by Crippen LogP contribution is 2.37. The SMILES string of the molecule is CCNC(=O)C1=C(C(C)C)c2ccccc2C1=O. The Kier molecular flexibility index (Phi) is 3.32. The number of nitrogens with one attached hydrogen (secondary N) is 1. The normalized spacial score (nSPS) is 14.1. The summed E-state index contributed by atoms with van der Waals surface area (Å²) >= 11 is 0. The molecular weight excluding hydrogens is 226 g/mol. The lowest BCUT2D eigenvalue weighted by Crippen LogP contribution is -2.27. The van der Waals surface area contributed by atoms with Crippen LogP contribution in [-0.2, 0) is 4.79 Å². The number of allylic oxidation sites excluding steroid dienone is 1. The summed E-state index contributed by atoms with van der Waals surface area (Å²) in [4.78, 5) is 24.4. The van der Waals surface area contributed by atoms with Crippen molar-refractivity contribution in [3.05, 3.63) is 41.0 Å². The minimum Gasteiger partial charge on any atom is -0.352 e. The van der Waals surface area contributed by atoms with E-state index in [2.05, 4.69) is 5.32 Å². The molecule has 1 aliphatic carbocycles. The molecule has 0 fully saturated rings. The summed E-state index contributed by atoms with van der Waals surface area (Å²) in [5.41, 5.74) is 2.72. The Bertz CT molecular complexity index is 541. The van der Waals surface area contributed by atoms with Crippen LogP contribution in [0.5, 0.6) is 0 Å². The molecule has 1 N–H and O–H groups in total. The molecule has 0 radical (unpaired) electrons. The van der Waals surface area contributed by atoms with Gasteiger partial charge in [-0.1, -0.05) is 38.1 Å². The third-order valence-corrected chi connectivity index (χ3v) is 3.10. The van der Waals surface area contributed by atoms with Gasteiger partial charge in [0.1, 0.15) is 0 Å². The Hall–Kier alpha value is -1.90. The Morgan fingerprint density at radius 1 is 1.22 bits per heavy atom. The first kappa shape index (κ1) is 12.6.